The van der Waals surface area contributed by atoms with Crippen molar-refractivity contribution in [3.63, 3.8) is 0 Å². The molecule has 0 saturated carbocycles. The van der Waals surface area contributed by atoms with Gasteiger partial charge in [0.25, 0.3) is 0 Å². The van der Waals surface area contributed by atoms with Crippen LogP contribution in [0.2, 0.25) is 0 Å². The van der Waals surface area contributed by atoms with Crippen LogP contribution in [0.15, 0.2) is 109 Å². The van der Waals surface area contributed by atoms with Crippen molar-refractivity contribution in [3.05, 3.63) is 109 Å². The van der Waals surface area contributed by atoms with Gasteiger partial charge in [-0.2, -0.15) is 0 Å². The lowest BCUT2D eigenvalue weighted by Gasteiger charge is -2.18. The first-order chi connectivity index (χ1) is 40.0. The number of hydrogen-bond donors (Lipinski definition) is 0. The van der Waals surface area contributed by atoms with E-state index >= 15 is 0 Å². The van der Waals surface area contributed by atoms with Crippen LogP contribution in [0.4, 0.5) is 0 Å². The van der Waals surface area contributed by atoms with E-state index in [-0.39, 0.29) is 37.5 Å². The van der Waals surface area contributed by atoms with Crippen LogP contribution in [0.25, 0.3) is 0 Å². The average Bonchev–Trinajstić information content (AvgIpc) is 3.47. The third-order valence-electron chi connectivity index (χ3n) is 14.7. The Morgan fingerprint density at radius 2 is 0.481 bits per heavy atom. The molecule has 81 heavy (non-hydrogen) atoms. The summed E-state index contributed by atoms with van der Waals surface area (Å²) in [6, 6.07) is 0. The topological polar surface area (TPSA) is 78.9 Å². The van der Waals surface area contributed by atoms with Crippen LogP contribution in [-0.4, -0.2) is 37.2 Å². The van der Waals surface area contributed by atoms with Gasteiger partial charge < -0.3 is 14.2 Å². The van der Waals surface area contributed by atoms with Crippen molar-refractivity contribution >= 4 is 17.9 Å². The molecule has 6 heteroatoms. The molecule has 0 bridgehead atoms. The van der Waals surface area contributed by atoms with Gasteiger partial charge in [0.2, 0.25) is 0 Å². The Hall–Kier alpha value is -3.93. The van der Waals surface area contributed by atoms with E-state index in [0.717, 1.165) is 116 Å². The third-order valence-corrected chi connectivity index (χ3v) is 14.7. The molecule has 0 aliphatic heterocycles. The lowest BCUT2D eigenvalue weighted by Crippen LogP contribution is -2.30. The fourth-order valence-electron chi connectivity index (χ4n) is 9.59. The maximum Gasteiger partial charge on any atom is 0.306 e. The summed E-state index contributed by atoms with van der Waals surface area (Å²) >= 11 is 0. The Balaban J connectivity index is 4.37. The van der Waals surface area contributed by atoms with Crippen LogP contribution in [0.5, 0.6) is 0 Å². The van der Waals surface area contributed by atoms with Crippen LogP contribution >= 0.6 is 0 Å². The lowest BCUT2D eigenvalue weighted by molar-refractivity contribution is -0.167. The second kappa shape index (κ2) is 68.6. The quantitative estimate of drug-likeness (QED) is 0.0261. The van der Waals surface area contributed by atoms with Gasteiger partial charge in [0, 0.05) is 19.3 Å². The van der Waals surface area contributed by atoms with E-state index in [2.05, 4.69) is 130 Å². The molecule has 0 spiro atoms. The number of esters is 3. The molecule has 464 valence electrons. The number of carbonyl (C=O) groups excluding carboxylic acids is 3. The molecule has 0 aromatic carbocycles. The molecule has 0 radical (unpaired) electrons. The average molecular weight is 1130 g/mol. The zero-order valence-electron chi connectivity index (χ0n) is 53.3. The fourth-order valence-corrected chi connectivity index (χ4v) is 9.59. The van der Waals surface area contributed by atoms with Crippen LogP contribution in [0.1, 0.15) is 329 Å². The van der Waals surface area contributed by atoms with E-state index in [1.165, 1.54) is 173 Å². The highest BCUT2D eigenvalue weighted by Crippen LogP contribution is 2.16. The number of carbonyl (C=O) groups is 3. The maximum atomic E-state index is 12.9. The highest BCUT2D eigenvalue weighted by Gasteiger charge is 2.19. The van der Waals surface area contributed by atoms with Gasteiger partial charge in [0.1, 0.15) is 13.2 Å². The van der Waals surface area contributed by atoms with E-state index in [9.17, 15) is 14.4 Å². The Morgan fingerprint density at radius 1 is 0.259 bits per heavy atom. The Morgan fingerprint density at radius 3 is 0.790 bits per heavy atom. The monoisotopic (exact) mass is 1120 g/mol. The molecular weight excluding hydrogens is 997 g/mol. The molecule has 0 rings (SSSR count). The summed E-state index contributed by atoms with van der Waals surface area (Å²) in [5.74, 6) is -0.923. The molecular formula is C75H128O6. The number of allylic oxidation sites excluding steroid dienone is 18. The number of hydrogen-bond acceptors (Lipinski definition) is 6. The van der Waals surface area contributed by atoms with Gasteiger partial charge >= 0.3 is 17.9 Å². The largest absolute Gasteiger partial charge is 0.462 e. The first-order valence-electron chi connectivity index (χ1n) is 34.4. The summed E-state index contributed by atoms with van der Waals surface area (Å²) in [5, 5.41) is 0. The SMILES string of the molecule is CC/C=C\C/C=C\C/C=C\C/C=C\C/C=C\CCCCCC(=O)OC(COC(=O)CCCCCCCCC/C=C\C/C=C\CCCCC)COC(=O)CCCCCCCCCCCCCCCCC/C=C\C/C=C\CCCCCCC. The van der Waals surface area contributed by atoms with Crippen molar-refractivity contribution in [1.82, 2.24) is 0 Å². The van der Waals surface area contributed by atoms with Gasteiger partial charge in [0.05, 0.1) is 0 Å². The Labute approximate surface area is 501 Å². The van der Waals surface area contributed by atoms with E-state index in [1.807, 2.05) is 0 Å². The summed E-state index contributed by atoms with van der Waals surface area (Å²) in [4.78, 5) is 38.4. The minimum Gasteiger partial charge on any atom is -0.462 e. The van der Waals surface area contributed by atoms with Crippen LogP contribution < -0.4 is 0 Å². The molecule has 0 aliphatic rings. The highest BCUT2D eigenvalue weighted by atomic mass is 16.6. The molecule has 0 aliphatic carbocycles. The molecule has 0 aromatic rings. The molecule has 0 aromatic heterocycles. The van der Waals surface area contributed by atoms with Crippen molar-refractivity contribution in [2.45, 2.75) is 335 Å². The van der Waals surface area contributed by atoms with Crippen molar-refractivity contribution in [1.29, 1.82) is 0 Å². The van der Waals surface area contributed by atoms with Crippen molar-refractivity contribution in [2.24, 2.45) is 0 Å². The number of rotatable bonds is 62. The number of unbranched alkanes of at least 4 members (excludes halogenated alkanes) is 33. The maximum absolute atomic E-state index is 12.9. The van der Waals surface area contributed by atoms with Gasteiger partial charge in [-0.1, -0.05) is 291 Å². The zero-order chi connectivity index (χ0) is 58.5. The smallest absolute Gasteiger partial charge is 0.306 e. The van der Waals surface area contributed by atoms with Crippen molar-refractivity contribution in [2.75, 3.05) is 13.2 Å². The molecule has 1 atom stereocenters. The first-order valence-corrected chi connectivity index (χ1v) is 34.4. The minimum atomic E-state index is -0.802. The van der Waals surface area contributed by atoms with Crippen molar-refractivity contribution in [3.8, 4) is 0 Å². The van der Waals surface area contributed by atoms with E-state index in [4.69, 9.17) is 14.2 Å². The van der Waals surface area contributed by atoms with E-state index < -0.39 is 6.10 Å². The normalized spacial score (nSPS) is 12.8. The predicted molar refractivity (Wildman–Crippen MR) is 353 cm³/mol. The third kappa shape index (κ3) is 66.8. The minimum absolute atomic E-state index is 0.0937. The van der Waals surface area contributed by atoms with E-state index in [1.54, 1.807) is 0 Å². The lowest BCUT2D eigenvalue weighted by atomic mass is 10.0. The molecule has 6 nitrogen and oxygen atoms in total. The second-order valence-electron chi connectivity index (χ2n) is 22.7. The van der Waals surface area contributed by atoms with Crippen LogP contribution in [-0.2, 0) is 28.6 Å². The zero-order valence-corrected chi connectivity index (χ0v) is 53.3. The second-order valence-corrected chi connectivity index (χ2v) is 22.7. The molecule has 0 amide bonds. The van der Waals surface area contributed by atoms with Gasteiger partial charge in [-0.25, -0.2) is 0 Å². The molecule has 0 saturated heterocycles. The summed E-state index contributed by atoms with van der Waals surface area (Å²) in [7, 11) is 0. The highest BCUT2D eigenvalue weighted by molar-refractivity contribution is 5.71. The predicted octanol–water partition coefficient (Wildman–Crippen LogP) is 23.8. The molecule has 1 unspecified atom stereocenters. The summed E-state index contributed by atoms with van der Waals surface area (Å²) in [6.45, 7) is 6.49. The standard InChI is InChI=1S/C75H128O6/c1-4-7-10-13-16-19-22-25-28-31-33-34-35-36-37-38-39-40-42-44-47-50-53-56-59-62-65-68-74(77)80-71-72(70-79-73(76)67-64-61-58-55-52-49-46-43-30-27-24-21-18-15-12-9-6-3)81-75(78)69-66-63-60-57-54-51-48-45-41-32-29-26-23-20-17-14-11-8-5-2/h8,11,17-18,20-22,25-27,29-31,33,41,45,51,54,72H,4-7,9-10,12-16,19,23-24,28,32,34-40,42-44,46-50,52-53,55-71H2,1-3H3/b11-8-,20-17-,21-18-,25-22-,29-26-,30-27-,33-31-,45-41-,54-51-. The van der Waals surface area contributed by atoms with E-state index in [0.29, 0.717) is 12.8 Å². The van der Waals surface area contributed by atoms with Crippen LogP contribution in [0, 0.1) is 0 Å². The fraction of sp³-hybridized carbons (Fsp3) is 0.720. The number of ether oxygens (including phenoxy) is 3. The van der Waals surface area contributed by atoms with Gasteiger partial charge in [-0.05, 0) is 128 Å². The summed E-state index contributed by atoms with van der Waals surface area (Å²) in [5.41, 5.74) is 0. The van der Waals surface area contributed by atoms with Gasteiger partial charge in [0.15, 0.2) is 6.10 Å². The first kappa shape index (κ1) is 77.1. The molecule has 0 N–H and O–H groups in total. The Bertz CT molecular complexity index is 1620. The van der Waals surface area contributed by atoms with Crippen molar-refractivity contribution < 1.29 is 28.6 Å². The van der Waals surface area contributed by atoms with Gasteiger partial charge in [-0.15, -0.1) is 0 Å². The van der Waals surface area contributed by atoms with Gasteiger partial charge in [-0.3, -0.25) is 14.4 Å². The van der Waals surface area contributed by atoms with Crippen LogP contribution in [0.3, 0.4) is 0 Å². The summed E-state index contributed by atoms with van der Waals surface area (Å²) < 4.78 is 16.9. The summed E-state index contributed by atoms with van der Waals surface area (Å²) in [6.07, 6.45) is 93.9. The molecule has 0 fully saturated rings. The Kier molecular flexibility index (Phi) is 65.2. The molecule has 0 heterocycles.